The zero-order valence-corrected chi connectivity index (χ0v) is 12.5. The van der Waals surface area contributed by atoms with Crippen LogP contribution in [0.2, 0.25) is 0 Å². The summed E-state index contributed by atoms with van der Waals surface area (Å²) in [6.07, 6.45) is 0.887. The van der Waals surface area contributed by atoms with E-state index in [2.05, 4.69) is 5.32 Å². The molecule has 0 radical (unpaired) electrons. The lowest BCUT2D eigenvalue weighted by molar-refractivity contribution is -0.323. The van der Waals surface area contributed by atoms with Crippen LogP contribution < -0.4 is 10.4 Å². The normalized spacial score (nSPS) is 27.3. The first-order chi connectivity index (χ1) is 9.70. The third kappa shape index (κ3) is 2.37. The Morgan fingerprint density at radius 1 is 1.29 bits per heavy atom. The van der Waals surface area contributed by atoms with Gasteiger partial charge in [-0.05, 0) is 30.4 Å². The van der Waals surface area contributed by atoms with Crippen molar-refractivity contribution in [2.45, 2.75) is 33.6 Å². The Kier molecular flexibility index (Phi) is 3.70. The monoisotopic (exact) mass is 290 g/mol. The van der Waals surface area contributed by atoms with Crippen LogP contribution in [0, 0.1) is 16.7 Å². The first kappa shape index (κ1) is 15.4. The van der Waals surface area contributed by atoms with Crippen molar-refractivity contribution in [1.29, 1.82) is 0 Å². The number of benzene rings is 1. The van der Waals surface area contributed by atoms with Crippen molar-refractivity contribution < 1.29 is 19.8 Å². The highest BCUT2D eigenvalue weighted by atomic mass is 16.4. The minimum atomic E-state index is -1.12. The summed E-state index contributed by atoms with van der Waals surface area (Å²) in [5.74, 6) is -1.85. The van der Waals surface area contributed by atoms with Crippen molar-refractivity contribution >= 4 is 17.6 Å². The summed E-state index contributed by atoms with van der Waals surface area (Å²) >= 11 is 0. The van der Waals surface area contributed by atoms with E-state index in [0.717, 1.165) is 0 Å². The predicted octanol–water partition coefficient (Wildman–Crippen LogP) is 1.52. The number of rotatable bonds is 3. The van der Waals surface area contributed by atoms with Crippen LogP contribution in [0.25, 0.3) is 0 Å². The number of hydrogen-bond donors (Lipinski definition) is 2. The molecule has 1 fully saturated rings. The number of phenolic OH excluding ortho intramolecular Hbond substituents is 1. The first-order valence-electron chi connectivity index (χ1n) is 7.00. The van der Waals surface area contributed by atoms with Crippen LogP contribution in [0.1, 0.15) is 33.6 Å². The molecular weight excluding hydrogens is 270 g/mol. The highest BCUT2D eigenvalue weighted by Crippen LogP contribution is 2.55. The number of carboxylic acid groups (broad SMARTS) is 1. The molecule has 1 aliphatic rings. The molecule has 5 heteroatoms. The molecular formula is C16H20NO4-. The van der Waals surface area contributed by atoms with Crippen LogP contribution in [0.15, 0.2) is 24.3 Å². The average Bonchev–Trinajstić information content (AvgIpc) is 2.64. The maximum absolute atomic E-state index is 12.5. The Labute approximate surface area is 124 Å². The van der Waals surface area contributed by atoms with Gasteiger partial charge >= 0.3 is 0 Å². The lowest BCUT2D eigenvalue weighted by atomic mass is 9.65. The van der Waals surface area contributed by atoms with E-state index >= 15 is 0 Å². The SMILES string of the molecule is CC1(C)[C@@H](C(=O)Nc2ccccc2O)CC[C@@]1(C)C(=O)[O-]. The second-order valence-electron chi connectivity index (χ2n) is 6.44. The molecule has 0 bridgehead atoms. The Morgan fingerprint density at radius 3 is 2.43 bits per heavy atom. The van der Waals surface area contributed by atoms with Crippen molar-refractivity contribution in [2.75, 3.05) is 5.32 Å². The van der Waals surface area contributed by atoms with Gasteiger partial charge < -0.3 is 20.3 Å². The van der Waals surface area contributed by atoms with Crippen LogP contribution in [-0.4, -0.2) is 17.0 Å². The number of carbonyl (C=O) groups is 2. The molecule has 2 atom stereocenters. The largest absolute Gasteiger partial charge is 0.550 e. The van der Waals surface area contributed by atoms with E-state index in [1.807, 2.05) is 0 Å². The van der Waals surface area contributed by atoms with Gasteiger partial charge in [0.05, 0.1) is 5.69 Å². The number of hydrogen-bond acceptors (Lipinski definition) is 4. The molecule has 1 aromatic rings. The van der Waals surface area contributed by atoms with Crippen LogP contribution in [0.4, 0.5) is 5.69 Å². The van der Waals surface area contributed by atoms with Crippen molar-refractivity contribution in [3.05, 3.63) is 24.3 Å². The van der Waals surface area contributed by atoms with Gasteiger partial charge in [-0.15, -0.1) is 0 Å². The van der Waals surface area contributed by atoms with Crippen molar-refractivity contribution in [3.63, 3.8) is 0 Å². The van der Waals surface area contributed by atoms with E-state index in [4.69, 9.17) is 0 Å². The van der Waals surface area contributed by atoms with Gasteiger partial charge in [0.15, 0.2) is 0 Å². The van der Waals surface area contributed by atoms with E-state index in [1.54, 1.807) is 39.0 Å². The van der Waals surface area contributed by atoms with E-state index in [-0.39, 0.29) is 11.7 Å². The number of para-hydroxylation sites is 2. The topological polar surface area (TPSA) is 89.5 Å². The first-order valence-corrected chi connectivity index (χ1v) is 7.00. The smallest absolute Gasteiger partial charge is 0.228 e. The van der Waals surface area contributed by atoms with Gasteiger partial charge in [-0.1, -0.05) is 32.9 Å². The molecule has 1 aromatic carbocycles. The van der Waals surface area contributed by atoms with Gasteiger partial charge in [0.2, 0.25) is 5.91 Å². The summed E-state index contributed by atoms with van der Waals surface area (Å²) in [7, 11) is 0. The third-order valence-corrected chi connectivity index (χ3v) is 5.16. The molecule has 0 spiro atoms. The van der Waals surface area contributed by atoms with E-state index < -0.39 is 22.7 Å². The second kappa shape index (κ2) is 5.06. The van der Waals surface area contributed by atoms with Gasteiger partial charge in [0.25, 0.3) is 0 Å². The number of phenols is 1. The van der Waals surface area contributed by atoms with Gasteiger partial charge in [0.1, 0.15) is 5.75 Å². The van der Waals surface area contributed by atoms with Crippen molar-refractivity contribution in [2.24, 2.45) is 16.7 Å². The van der Waals surface area contributed by atoms with E-state index in [9.17, 15) is 19.8 Å². The van der Waals surface area contributed by atoms with Crippen LogP contribution in [-0.2, 0) is 9.59 Å². The quantitative estimate of drug-likeness (QED) is 0.826. The summed E-state index contributed by atoms with van der Waals surface area (Å²) in [5, 5.41) is 23.8. The summed E-state index contributed by atoms with van der Waals surface area (Å²) in [6.45, 7) is 5.20. The molecule has 0 saturated heterocycles. The molecule has 0 heterocycles. The van der Waals surface area contributed by atoms with Crippen LogP contribution in [0.5, 0.6) is 5.75 Å². The number of amides is 1. The number of carboxylic acids is 1. The standard InChI is InChI=1S/C16H21NO4/c1-15(2)10(8-9-16(15,3)14(20)21)13(19)17-11-6-4-5-7-12(11)18/h4-7,10,18H,8-9H2,1-3H3,(H,17,19)(H,20,21)/p-1/t10-,16+/m1/s1. The lowest BCUT2D eigenvalue weighted by Gasteiger charge is -2.41. The molecule has 1 saturated carbocycles. The van der Waals surface area contributed by atoms with E-state index in [1.165, 1.54) is 6.07 Å². The van der Waals surface area contributed by atoms with Gasteiger partial charge in [0, 0.05) is 17.3 Å². The summed E-state index contributed by atoms with van der Waals surface area (Å²) < 4.78 is 0. The van der Waals surface area contributed by atoms with Crippen LogP contribution in [0.3, 0.4) is 0 Å². The number of aliphatic carboxylic acids is 1. The molecule has 21 heavy (non-hydrogen) atoms. The summed E-state index contributed by atoms with van der Waals surface area (Å²) in [5.41, 5.74) is -1.42. The minimum absolute atomic E-state index is 0.00989. The molecule has 1 amide bonds. The van der Waals surface area contributed by atoms with Gasteiger partial charge in [-0.25, -0.2) is 0 Å². The van der Waals surface area contributed by atoms with Gasteiger partial charge in [-0.2, -0.15) is 0 Å². The minimum Gasteiger partial charge on any atom is -0.550 e. The molecule has 1 aliphatic carbocycles. The van der Waals surface area contributed by atoms with Gasteiger partial charge in [-0.3, -0.25) is 4.79 Å². The number of nitrogens with one attached hydrogen (secondary N) is 1. The molecule has 2 N–H and O–H groups in total. The Bertz CT molecular complexity index is 581. The Hall–Kier alpha value is -2.04. The molecule has 0 aromatic heterocycles. The fourth-order valence-corrected chi connectivity index (χ4v) is 3.12. The highest BCUT2D eigenvalue weighted by molar-refractivity contribution is 5.95. The molecule has 2 rings (SSSR count). The fraction of sp³-hybridized carbons (Fsp3) is 0.500. The number of carbonyl (C=O) groups excluding carboxylic acids is 2. The zero-order chi connectivity index (χ0) is 15.8. The Morgan fingerprint density at radius 2 is 1.90 bits per heavy atom. The maximum Gasteiger partial charge on any atom is 0.228 e. The molecule has 0 unspecified atom stereocenters. The highest BCUT2D eigenvalue weighted by Gasteiger charge is 2.54. The number of aromatic hydroxyl groups is 1. The maximum atomic E-state index is 12.5. The lowest BCUT2D eigenvalue weighted by Crippen LogP contribution is -2.49. The number of anilines is 1. The summed E-state index contributed by atoms with van der Waals surface area (Å²) in [4.78, 5) is 23.9. The molecule has 0 aliphatic heterocycles. The van der Waals surface area contributed by atoms with Crippen molar-refractivity contribution in [1.82, 2.24) is 0 Å². The predicted molar refractivity (Wildman–Crippen MR) is 76.4 cm³/mol. The van der Waals surface area contributed by atoms with E-state index in [0.29, 0.717) is 18.5 Å². The third-order valence-electron chi connectivity index (χ3n) is 5.16. The Balaban J connectivity index is 2.22. The van der Waals surface area contributed by atoms with Crippen LogP contribution >= 0.6 is 0 Å². The molecule has 114 valence electrons. The zero-order valence-electron chi connectivity index (χ0n) is 12.5. The van der Waals surface area contributed by atoms with Crippen molar-refractivity contribution in [3.8, 4) is 5.75 Å². The average molecular weight is 290 g/mol. The fourth-order valence-electron chi connectivity index (χ4n) is 3.12. The summed E-state index contributed by atoms with van der Waals surface area (Å²) in [6, 6.07) is 6.46. The second-order valence-corrected chi connectivity index (χ2v) is 6.44. The molecule has 5 nitrogen and oxygen atoms in total.